The van der Waals surface area contributed by atoms with Crippen molar-refractivity contribution >= 4 is 33.5 Å². The summed E-state index contributed by atoms with van der Waals surface area (Å²) in [6.45, 7) is -1.23. The molecule has 9 nitrogen and oxygen atoms in total. The average Bonchev–Trinajstić information content (AvgIpc) is 2.65. The van der Waals surface area contributed by atoms with Crippen LogP contribution >= 0.6 is 15.4 Å². The van der Waals surface area contributed by atoms with E-state index in [-0.39, 0.29) is 13.9 Å². The van der Waals surface area contributed by atoms with Gasteiger partial charge in [-0.2, -0.15) is 0 Å². The van der Waals surface area contributed by atoms with Gasteiger partial charge >= 0.3 is 7.82 Å². The molecule has 0 aliphatic carbocycles. The van der Waals surface area contributed by atoms with Gasteiger partial charge in [-0.05, 0) is 11.8 Å². The molecule has 5 atom stereocenters. The Bertz CT molecular complexity index is 366. The zero-order chi connectivity index (χ0) is 14.5. The van der Waals surface area contributed by atoms with E-state index in [1.165, 1.54) is 0 Å². The van der Waals surface area contributed by atoms with Crippen molar-refractivity contribution in [3.63, 3.8) is 0 Å². The highest BCUT2D eigenvalue weighted by atomic mass is 32.4. The molecule has 3 N–H and O–H groups in total. The van der Waals surface area contributed by atoms with Gasteiger partial charge in [0.2, 0.25) is 0 Å². The second-order valence-electron chi connectivity index (χ2n) is 3.40. The molecule has 19 heavy (non-hydrogen) atoms. The molecular weight excluding hydrogens is 322 g/mol. The summed E-state index contributed by atoms with van der Waals surface area (Å²) in [6, 6.07) is 0. The molecule has 0 aromatic rings. The number of phosphoric ester groups is 1. The van der Waals surface area contributed by atoms with E-state index in [2.05, 4.69) is 20.9 Å². The van der Waals surface area contributed by atoms with Crippen LogP contribution in [0.2, 0.25) is 0 Å². The molecule has 1 fully saturated rings. The molecule has 0 aromatic heterocycles. The summed E-state index contributed by atoms with van der Waals surface area (Å²) < 4.78 is 30.3. The Morgan fingerprint density at radius 2 is 2.21 bits per heavy atom. The van der Waals surface area contributed by atoms with Crippen molar-refractivity contribution in [3.8, 4) is 0 Å². The van der Waals surface area contributed by atoms with E-state index < -0.39 is 45.6 Å². The molecule has 0 radical (unpaired) electrons. The largest absolute Gasteiger partial charge is 0.473 e. The van der Waals surface area contributed by atoms with E-state index in [0.717, 1.165) is 0 Å². The fourth-order valence-corrected chi connectivity index (χ4v) is 2.81. The first-order chi connectivity index (χ1) is 8.95. The van der Waals surface area contributed by atoms with Crippen LogP contribution in [0.15, 0.2) is 0 Å². The second-order valence-corrected chi connectivity index (χ2v) is 5.61. The molecule has 110 valence electrons. The van der Waals surface area contributed by atoms with Gasteiger partial charge in [-0.15, -0.1) is 0 Å². The number of aldehydes is 1. The number of ether oxygens (including phenoxy) is 1. The SMILES string of the molecule is O=CCOP(=O)(O)OC1C(CO)OC(OP=S)C1O. The highest BCUT2D eigenvalue weighted by molar-refractivity contribution is 7.94. The molecule has 0 amide bonds. The Morgan fingerprint density at radius 1 is 1.53 bits per heavy atom. The fraction of sp³-hybridized carbons (Fsp3) is 0.857. The molecule has 1 rings (SSSR count). The summed E-state index contributed by atoms with van der Waals surface area (Å²) in [6.07, 6.45) is -4.80. The number of hydrogen-bond acceptors (Lipinski definition) is 9. The van der Waals surface area contributed by atoms with Crippen LogP contribution in [-0.4, -0.2) is 59.2 Å². The number of phosphoric acid groups is 1. The van der Waals surface area contributed by atoms with Crippen molar-refractivity contribution in [3.05, 3.63) is 0 Å². The Labute approximate surface area is 115 Å². The van der Waals surface area contributed by atoms with Crippen LogP contribution in [0.3, 0.4) is 0 Å². The normalized spacial score (nSPS) is 34.3. The van der Waals surface area contributed by atoms with Gasteiger partial charge in [0.15, 0.2) is 6.29 Å². The lowest BCUT2D eigenvalue weighted by atomic mass is 10.1. The number of hydrogen-bond donors (Lipinski definition) is 3. The summed E-state index contributed by atoms with van der Waals surface area (Å²) in [5.74, 6) is 0. The van der Waals surface area contributed by atoms with Crippen molar-refractivity contribution in [1.29, 1.82) is 0 Å². The highest BCUT2D eigenvalue weighted by Crippen LogP contribution is 2.47. The van der Waals surface area contributed by atoms with E-state index >= 15 is 0 Å². The van der Waals surface area contributed by atoms with E-state index in [1.54, 1.807) is 0 Å². The third-order valence-corrected chi connectivity index (χ3v) is 3.72. The molecule has 0 aromatic carbocycles. The Hall–Kier alpha value is 0.140. The summed E-state index contributed by atoms with van der Waals surface area (Å²) in [5, 5.41) is 18.8. The minimum absolute atomic E-state index is 0.0500. The zero-order valence-electron chi connectivity index (χ0n) is 9.39. The zero-order valence-corrected chi connectivity index (χ0v) is 12.0. The van der Waals surface area contributed by atoms with Gasteiger partial charge in [0.1, 0.15) is 38.8 Å². The van der Waals surface area contributed by atoms with Crippen LogP contribution in [-0.2, 0) is 39.5 Å². The van der Waals surface area contributed by atoms with Crippen LogP contribution in [0.5, 0.6) is 0 Å². The Balaban J connectivity index is 2.71. The lowest BCUT2D eigenvalue weighted by Gasteiger charge is -2.21. The number of carbonyl (C=O) groups excluding carboxylic acids is 1. The van der Waals surface area contributed by atoms with Gasteiger partial charge in [-0.25, -0.2) is 4.57 Å². The molecule has 1 saturated heterocycles. The van der Waals surface area contributed by atoms with Gasteiger partial charge in [0.05, 0.1) is 6.61 Å². The topological polar surface area (TPSA) is 132 Å². The average molecular weight is 334 g/mol. The van der Waals surface area contributed by atoms with E-state index in [4.69, 9.17) is 14.4 Å². The minimum Gasteiger partial charge on any atom is -0.394 e. The molecule has 1 aliphatic rings. The summed E-state index contributed by atoms with van der Waals surface area (Å²) >= 11 is 4.51. The van der Waals surface area contributed by atoms with Crippen LogP contribution in [0.4, 0.5) is 0 Å². The maximum Gasteiger partial charge on any atom is 0.473 e. The van der Waals surface area contributed by atoms with Crippen LogP contribution in [0, 0.1) is 0 Å². The van der Waals surface area contributed by atoms with Gasteiger partial charge in [-0.1, -0.05) is 0 Å². The summed E-state index contributed by atoms with van der Waals surface area (Å²) in [4.78, 5) is 19.3. The van der Waals surface area contributed by atoms with Crippen LogP contribution in [0.1, 0.15) is 0 Å². The number of rotatable bonds is 8. The summed E-state index contributed by atoms with van der Waals surface area (Å²) in [5.41, 5.74) is 0. The van der Waals surface area contributed by atoms with Crippen molar-refractivity contribution in [2.45, 2.75) is 24.6 Å². The molecule has 0 bridgehead atoms. The van der Waals surface area contributed by atoms with Crippen molar-refractivity contribution < 1.29 is 42.8 Å². The number of aliphatic hydroxyl groups excluding tert-OH is 2. The van der Waals surface area contributed by atoms with Crippen LogP contribution in [0.25, 0.3) is 0 Å². The second kappa shape index (κ2) is 7.80. The lowest BCUT2D eigenvalue weighted by Crippen LogP contribution is -2.36. The molecule has 1 heterocycles. The fourth-order valence-electron chi connectivity index (χ4n) is 1.42. The lowest BCUT2D eigenvalue weighted by molar-refractivity contribution is -0.110. The monoisotopic (exact) mass is 334 g/mol. The minimum atomic E-state index is -4.56. The van der Waals surface area contributed by atoms with Crippen LogP contribution < -0.4 is 0 Å². The van der Waals surface area contributed by atoms with E-state index in [1.807, 2.05) is 0 Å². The first kappa shape index (κ1) is 17.2. The van der Waals surface area contributed by atoms with Gasteiger partial charge in [0.25, 0.3) is 0 Å². The Morgan fingerprint density at radius 3 is 2.74 bits per heavy atom. The van der Waals surface area contributed by atoms with Gasteiger partial charge in [0, 0.05) is 0 Å². The molecule has 0 saturated carbocycles. The quantitative estimate of drug-likeness (QED) is 0.379. The molecule has 0 spiro atoms. The maximum atomic E-state index is 11.4. The Kier molecular flexibility index (Phi) is 7.06. The molecular formula is C7H12O9P2S. The number of carbonyl (C=O) groups is 1. The molecule has 12 heteroatoms. The standard InChI is InChI=1S/C7H12O9P2S/c8-1-2-13-18(11,12)16-6-4(3-9)14-7(5(6)10)15-17-19/h1,4-7,9-10H,2-3H2,(H,11,12). The molecule has 5 unspecified atom stereocenters. The number of aliphatic hydroxyl groups is 2. The summed E-state index contributed by atoms with van der Waals surface area (Å²) in [7, 11) is -4.51. The predicted molar refractivity (Wildman–Crippen MR) is 63.8 cm³/mol. The van der Waals surface area contributed by atoms with E-state index in [0.29, 0.717) is 0 Å². The maximum absolute atomic E-state index is 11.4. The smallest absolute Gasteiger partial charge is 0.394 e. The first-order valence-corrected chi connectivity index (χ1v) is 8.29. The third-order valence-electron chi connectivity index (χ3n) is 2.18. The first-order valence-electron chi connectivity index (χ1n) is 4.97. The van der Waals surface area contributed by atoms with Crippen molar-refractivity contribution in [2.75, 3.05) is 13.2 Å². The third kappa shape index (κ3) is 4.87. The highest BCUT2D eigenvalue weighted by Gasteiger charge is 2.48. The van der Waals surface area contributed by atoms with Gasteiger partial charge in [-0.3, -0.25) is 13.6 Å². The molecule has 1 aliphatic heterocycles. The van der Waals surface area contributed by atoms with E-state index in [9.17, 15) is 19.4 Å². The van der Waals surface area contributed by atoms with Crippen molar-refractivity contribution in [1.82, 2.24) is 0 Å². The predicted octanol–water partition coefficient (Wildman–Crippen LogP) is -0.895. The van der Waals surface area contributed by atoms with Gasteiger partial charge < -0.3 is 24.6 Å². The van der Waals surface area contributed by atoms with Crippen molar-refractivity contribution in [2.24, 2.45) is 0 Å².